The summed E-state index contributed by atoms with van der Waals surface area (Å²) in [7, 11) is 0. The Labute approximate surface area is 142 Å². The molecule has 2 amide bonds. The molecule has 0 fully saturated rings. The molecular weight excluding hydrogens is 325 g/mol. The number of hydrogen-bond donors (Lipinski definition) is 3. The van der Waals surface area contributed by atoms with Crippen molar-refractivity contribution in [2.75, 3.05) is 13.1 Å². The van der Waals surface area contributed by atoms with Crippen molar-refractivity contribution in [3.63, 3.8) is 0 Å². The number of rotatable bonds is 7. The van der Waals surface area contributed by atoms with E-state index in [2.05, 4.69) is 10.6 Å². The van der Waals surface area contributed by atoms with E-state index in [1.54, 1.807) is 24.3 Å². The van der Waals surface area contributed by atoms with Gasteiger partial charge in [-0.05, 0) is 44.5 Å². The van der Waals surface area contributed by atoms with Crippen LogP contribution in [-0.4, -0.2) is 30.4 Å². The zero-order chi connectivity index (χ0) is 15.9. The van der Waals surface area contributed by atoms with E-state index in [0.29, 0.717) is 36.5 Å². The number of hydrogen-bond acceptors (Lipinski definition) is 3. The Morgan fingerprint density at radius 3 is 2.36 bits per heavy atom. The molecule has 0 bridgehead atoms. The summed E-state index contributed by atoms with van der Waals surface area (Å²) in [6.45, 7) is 4.56. The van der Waals surface area contributed by atoms with Crippen LogP contribution in [0.5, 0.6) is 0 Å². The fourth-order valence-electron chi connectivity index (χ4n) is 1.65. The normalized spacial score (nSPS) is 10.5. The second-order valence-electron chi connectivity index (χ2n) is 5.50. The standard InChI is InChI=1S/C15H22ClN3O2.ClH/c1-15(2,10-17)19-13(20)4-3-9-18-14(21)11-5-7-12(16)8-6-11;/h5-8H,3-4,9-10,17H2,1-2H3,(H,18,21)(H,19,20);1H. The number of benzene rings is 1. The van der Waals surface area contributed by atoms with Crippen molar-refractivity contribution in [1.82, 2.24) is 10.6 Å². The van der Waals surface area contributed by atoms with Crippen LogP contribution in [0.4, 0.5) is 0 Å². The zero-order valence-electron chi connectivity index (χ0n) is 12.8. The summed E-state index contributed by atoms with van der Waals surface area (Å²) >= 11 is 5.76. The second kappa shape index (κ2) is 9.66. The summed E-state index contributed by atoms with van der Waals surface area (Å²) in [6, 6.07) is 6.65. The maximum absolute atomic E-state index is 11.8. The van der Waals surface area contributed by atoms with Crippen LogP contribution in [0.3, 0.4) is 0 Å². The first-order valence-electron chi connectivity index (χ1n) is 6.89. The zero-order valence-corrected chi connectivity index (χ0v) is 14.4. The lowest BCUT2D eigenvalue weighted by molar-refractivity contribution is -0.122. The number of amides is 2. The first kappa shape index (κ1) is 20.7. The summed E-state index contributed by atoms with van der Waals surface area (Å²) in [5.41, 5.74) is 5.69. The fraction of sp³-hybridized carbons (Fsp3) is 0.467. The number of nitrogens with two attached hydrogens (primary N) is 1. The molecule has 0 aliphatic rings. The van der Waals surface area contributed by atoms with Crippen LogP contribution in [0.25, 0.3) is 0 Å². The Bertz CT molecular complexity index is 490. The van der Waals surface area contributed by atoms with Crippen molar-refractivity contribution < 1.29 is 9.59 Å². The summed E-state index contributed by atoms with van der Waals surface area (Å²) < 4.78 is 0. The molecule has 0 radical (unpaired) electrons. The minimum absolute atomic E-state index is 0. The molecule has 0 aromatic heterocycles. The predicted molar refractivity (Wildman–Crippen MR) is 91.5 cm³/mol. The van der Waals surface area contributed by atoms with Gasteiger partial charge in [0.25, 0.3) is 5.91 Å². The van der Waals surface area contributed by atoms with Crippen molar-refractivity contribution in [3.05, 3.63) is 34.9 Å². The van der Waals surface area contributed by atoms with Gasteiger partial charge >= 0.3 is 0 Å². The fourth-order valence-corrected chi connectivity index (χ4v) is 1.77. The van der Waals surface area contributed by atoms with Crippen LogP contribution in [0.1, 0.15) is 37.0 Å². The second-order valence-corrected chi connectivity index (χ2v) is 5.94. The van der Waals surface area contributed by atoms with Crippen molar-refractivity contribution in [2.24, 2.45) is 5.73 Å². The summed E-state index contributed by atoms with van der Waals surface area (Å²) in [6.07, 6.45) is 0.927. The number of carbonyl (C=O) groups excluding carboxylic acids is 2. The highest BCUT2D eigenvalue weighted by Crippen LogP contribution is 2.09. The van der Waals surface area contributed by atoms with Crippen molar-refractivity contribution >= 4 is 35.8 Å². The largest absolute Gasteiger partial charge is 0.352 e. The molecule has 1 aromatic rings. The van der Waals surface area contributed by atoms with Gasteiger partial charge in [-0.1, -0.05) is 11.6 Å². The predicted octanol–water partition coefficient (Wildman–Crippen LogP) is 2.13. The van der Waals surface area contributed by atoms with Crippen LogP contribution in [0.15, 0.2) is 24.3 Å². The first-order chi connectivity index (χ1) is 9.84. The van der Waals surface area contributed by atoms with E-state index >= 15 is 0 Å². The minimum atomic E-state index is -0.399. The average molecular weight is 348 g/mol. The molecule has 1 rings (SSSR count). The van der Waals surface area contributed by atoms with Gasteiger partial charge in [-0.2, -0.15) is 0 Å². The highest BCUT2D eigenvalue weighted by molar-refractivity contribution is 6.30. The molecule has 0 saturated heterocycles. The molecule has 1 aromatic carbocycles. The van der Waals surface area contributed by atoms with E-state index in [1.807, 2.05) is 13.8 Å². The molecule has 0 aliphatic heterocycles. The van der Waals surface area contributed by atoms with Gasteiger partial charge in [0.05, 0.1) is 0 Å². The Balaban J connectivity index is 0.00000441. The maximum atomic E-state index is 11.8. The molecule has 22 heavy (non-hydrogen) atoms. The van der Waals surface area contributed by atoms with Gasteiger partial charge in [0.15, 0.2) is 0 Å². The molecule has 4 N–H and O–H groups in total. The van der Waals surface area contributed by atoms with Gasteiger partial charge in [-0.25, -0.2) is 0 Å². The first-order valence-corrected chi connectivity index (χ1v) is 7.27. The lowest BCUT2D eigenvalue weighted by atomic mass is 10.1. The third-order valence-electron chi connectivity index (χ3n) is 2.96. The molecule has 124 valence electrons. The number of carbonyl (C=O) groups is 2. The summed E-state index contributed by atoms with van der Waals surface area (Å²) in [5, 5.41) is 6.19. The Hall–Kier alpha value is -1.30. The van der Waals surface area contributed by atoms with E-state index in [1.165, 1.54) is 0 Å². The Kier molecular flexibility index (Phi) is 9.09. The molecule has 0 aliphatic carbocycles. The molecule has 0 spiro atoms. The van der Waals surface area contributed by atoms with Gasteiger partial charge in [-0.3, -0.25) is 9.59 Å². The lowest BCUT2D eigenvalue weighted by Crippen LogP contribution is -2.48. The van der Waals surface area contributed by atoms with Gasteiger partial charge in [0.2, 0.25) is 5.91 Å². The third kappa shape index (κ3) is 7.64. The number of nitrogens with one attached hydrogen (secondary N) is 2. The molecule has 0 saturated carbocycles. The van der Waals surface area contributed by atoms with E-state index in [9.17, 15) is 9.59 Å². The van der Waals surface area contributed by atoms with Crippen LogP contribution in [0.2, 0.25) is 5.02 Å². The SMILES string of the molecule is CC(C)(CN)NC(=O)CCCNC(=O)c1ccc(Cl)cc1.Cl. The molecule has 0 unspecified atom stereocenters. The quantitative estimate of drug-likeness (QED) is 0.660. The van der Waals surface area contributed by atoms with Crippen molar-refractivity contribution in [1.29, 1.82) is 0 Å². The van der Waals surface area contributed by atoms with Gasteiger partial charge in [-0.15, -0.1) is 12.4 Å². The van der Waals surface area contributed by atoms with Crippen LogP contribution in [-0.2, 0) is 4.79 Å². The molecule has 7 heteroatoms. The van der Waals surface area contributed by atoms with Crippen LogP contribution < -0.4 is 16.4 Å². The Morgan fingerprint density at radius 1 is 1.23 bits per heavy atom. The molecule has 0 heterocycles. The average Bonchev–Trinajstić information content (AvgIpc) is 2.43. The minimum Gasteiger partial charge on any atom is -0.352 e. The Morgan fingerprint density at radius 2 is 1.82 bits per heavy atom. The summed E-state index contributed by atoms with van der Waals surface area (Å²) in [4.78, 5) is 23.5. The van der Waals surface area contributed by atoms with Crippen LogP contribution in [0, 0.1) is 0 Å². The summed E-state index contributed by atoms with van der Waals surface area (Å²) in [5.74, 6) is -0.236. The van der Waals surface area contributed by atoms with E-state index in [-0.39, 0.29) is 24.2 Å². The van der Waals surface area contributed by atoms with Crippen molar-refractivity contribution in [3.8, 4) is 0 Å². The topological polar surface area (TPSA) is 84.2 Å². The lowest BCUT2D eigenvalue weighted by Gasteiger charge is -2.24. The molecule has 5 nitrogen and oxygen atoms in total. The number of halogens is 2. The van der Waals surface area contributed by atoms with Gasteiger partial charge in [0, 0.05) is 35.6 Å². The molecular formula is C15H23Cl2N3O2. The van der Waals surface area contributed by atoms with Crippen LogP contribution >= 0.6 is 24.0 Å². The smallest absolute Gasteiger partial charge is 0.251 e. The highest BCUT2D eigenvalue weighted by atomic mass is 35.5. The van der Waals surface area contributed by atoms with Gasteiger partial charge < -0.3 is 16.4 Å². The maximum Gasteiger partial charge on any atom is 0.251 e. The van der Waals surface area contributed by atoms with Crippen molar-refractivity contribution in [2.45, 2.75) is 32.2 Å². The molecule has 0 atom stereocenters. The van der Waals surface area contributed by atoms with E-state index in [4.69, 9.17) is 17.3 Å². The monoisotopic (exact) mass is 347 g/mol. The van der Waals surface area contributed by atoms with E-state index in [0.717, 1.165) is 0 Å². The highest BCUT2D eigenvalue weighted by Gasteiger charge is 2.17. The van der Waals surface area contributed by atoms with Gasteiger partial charge in [0.1, 0.15) is 0 Å². The van der Waals surface area contributed by atoms with E-state index < -0.39 is 5.54 Å². The third-order valence-corrected chi connectivity index (χ3v) is 3.21.